The Morgan fingerprint density at radius 1 is 1.12 bits per heavy atom. The molecule has 0 aliphatic rings. The van der Waals surface area contributed by atoms with E-state index in [9.17, 15) is 0 Å². The Morgan fingerprint density at radius 2 is 1.80 bits per heavy atom. The summed E-state index contributed by atoms with van der Waals surface area (Å²) in [6.07, 6.45) is 0. The Kier molecular flexibility index (Phi) is 8.55. The lowest BCUT2D eigenvalue weighted by molar-refractivity contribution is 0.241. The Balaban J connectivity index is 2.75. The minimum absolute atomic E-state index is 0.156. The first kappa shape index (κ1) is 21.1. The summed E-state index contributed by atoms with van der Waals surface area (Å²) < 4.78 is 10.6. The predicted octanol–water partition coefficient (Wildman–Crippen LogP) is 2.35. The molecule has 142 valence electrons. The van der Waals surface area contributed by atoms with Crippen LogP contribution in [0.5, 0.6) is 11.5 Å². The van der Waals surface area contributed by atoms with Crippen LogP contribution in [0.1, 0.15) is 26.3 Å². The molecule has 0 spiro atoms. The number of nitrogens with one attached hydrogen (secondary N) is 2. The van der Waals surface area contributed by atoms with Gasteiger partial charge in [-0.15, -0.1) is 0 Å². The number of methoxy groups -OCH3 is 2. The summed E-state index contributed by atoms with van der Waals surface area (Å²) in [4.78, 5) is 6.89. The van der Waals surface area contributed by atoms with Crippen LogP contribution in [-0.4, -0.2) is 58.8 Å². The fourth-order valence-electron chi connectivity index (χ4n) is 2.73. The summed E-state index contributed by atoms with van der Waals surface area (Å²) in [7, 11) is 7.47. The molecule has 25 heavy (non-hydrogen) atoms. The van der Waals surface area contributed by atoms with Crippen molar-refractivity contribution in [2.45, 2.75) is 27.3 Å². The monoisotopic (exact) mass is 350 g/mol. The Morgan fingerprint density at radius 3 is 2.36 bits per heavy atom. The molecule has 0 saturated heterocycles. The van der Waals surface area contributed by atoms with Crippen LogP contribution in [0.15, 0.2) is 23.2 Å². The van der Waals surface area contributed by atoms with Gasteiger partial charge in [-0.05, 0) is 44.1 Å². The molecular formula is C19H34N4O2. The molecule has 2 N–H and O–H groups in total. The van der Waals surface area contributed by atoms with Crippen molar-refractivity contribution in [3.05, 3.63) is 23.8 Å². The van der Waals surface area contributed by atoms with E-state index in [1.54, 1.807) is 14.2 Å². The quantitative estimate of drug-likeness (QED) is 0.529. The average Bonchev–Trinajstić information content (AvgIpc) is 2.56. The number of nitrogens with zero attached hydrogens (tertiary/aromatic N) is 2. The Labute approximate surface area is 152 Å². The Bertz CT molecular complexity index is 556. The predicted molar refractivity (Wildman–Crippen MR) is 105 cm³/mol. The summed E-state index contributed by atoms with van der Waals surface area (Å²) >= 11 is 0. The van der Waals surface area contributed by atoms with Gasteiger partial charge in [-0.3, -0.25) is 0 Å². The van der Waals surface area contributed by atoms with Crippen LogP contribution >= 0.6 is 0 Å². The molecule has 0 aliphatic carbocycles. The van der Waals surface area contributed by atoms with Gasteiger partial charge in [0.1, 0.15) is 0 Å². The van der Waals surface area contributed by atoms with E-state index in [2.05, 4.69) is 55.4 Å². The van der Waals surface area contributed by atoms with Crippen molar-refractivity contribution in [1.29, 1.82) is 0 Å². The fourth-order valence-corrected chi connectivity index (χ4v) is 2.73. The molecule has 0 amide bonds. The van der Waals surface area contributed by atoms with Crippen LogP contribution in [0, 0.1) is 5.41 Å². The topological polar surface area (TPSA) is 58.1 Å². The van der Waals surface area contributed by atoms with E-state index in [1.807, 2.05) is 18.2 Å². The van der Waals surface area contributed by atoms with E-state index in [0.717, 1.165) is 42.7 Å². The highest BCUT2D eigenvalue weighted by Crippen LogP contribution is 2.27. The highest BCUT2D eigenvalue weighted by Gasteiger charge is 2.19. The van der Waals surface area contributed by atoms with Crippen LogP contribution in [0.4, 0.5) is 0 Å². The first-order valence-electron chi connectivity index (χ1n) is 8.69. The third kappa shape index (κ3) is 7.65. The maximum absolute atomic E-state index is 5.35. The maximum Gasteiger partial charge on any atom is 0.191 e. The van der Waals surface area contributed by atoms with Gasteiger partial charge in [0.05, 0.1) is 20.8 Å². The van der Waals surface area contributed by atoms with Gasteiger partial charge < -0.3 is 25.0 Å². The van der Waals surface area contributed by atoms with Crippen molar-refractivity contribution in [1.82, 2.24) is 15.5 Å². The molecule has 1 aromatic rings. The third-order valence-electron chi connectivity index (χ3n) is 3.69. The van der Waals surface area contributed by atoms with E-state index < -0.39 is 0 Å². The van der Waals surface area contributed by atoms with Crippen LogP contribution < -0.4 is 20.1 Å². The molecule has 6 nitrogen and oxygen atoms in total. The highest BCUT2D eigenvalue weighted by atomic mass is 16.5. The molecule has 0 fully saturated rings. The van der Waals surface area contributed by atoms with Crippen LogP contribution in [-0.2, 0) is 6.54 Å². The van der Waals surface area contributed by atoms with Gasteiger partial charge >= 0.3 is 0 Å². The zero-order valence-corrected chi connectivity index (χ0v) is 16.8. The average molecular weight is 351 g/mol. The van der Waals surface area contributed by atoms with Crippen molar-refractivity contribution in [3.63, 3.8) is 0 Å². The minimum Gasteiger partial charge on any atom is -0.493 e. The number of aliphatic imine (C=N–C) groups is 1. The van der Waals surface area contributed by atoms with E-state index in [-0.39, 0.29) is 5.41 Å². The molecule has 0 bridgehead atoms. The molecule has 1 aromatic carbocycles. The molecular weight excluding hydrogens is 316 g/mol. The van der Waals surface area contributed by atoms with E-state index >= 15 is 0 Å². The summed E-state index contributed by atoms with van der Waals surface area (Å²) in [6, 6.07) is 5.87. The second kappa shape index (κ2) is 10.1. The largest absolute Gasteiger partial charge is 0.493 e. The lowest BCUT2D eigenvalue weighted by Gasteiger charge is -2.29. The summed E-state index contributed by atoms with van der Waals surface area (Å²) in [5.74, 6) is 2.27. The SMILES string of the molecule is CCNC(=NCc1ccc(OC)c(OC)c1)NCC(C)(C)CN(C)C. The highest BCUT2D eigenvalue weighted by molar-refractivity contribution is 5.79. The molecule has 1 rings (SSSR count). The number of ether oxygens (including phenoxy) is 2. The zero-order valence-electron chi connectivity index (χ0n) is 16.8. The summed E-state index contributed by atoms with van der Waals surface area (Å²) in [6.45, 7) is 9.82. The number of hydrogen-bond donors (Lipinski definition) is 2. The number of hydrogen-bond acceptors (Lipinski definition) is 4. The number of guanidine groups is 1. The molecule has 0 heterocycles. The molecule has 0 aromatic heterocycles. The van der Waals surface area contributed by atoms with Crippen LogP contribution in [0.3, 0.4) is 0 Å². The first-order valence-corrected chi connectivity index (χ1v) is 8.69. The van der Waals surface area contributed by atoms with E-state index in [4.69, 9.17) is 9.47 Å². The first-order chi connectivity index (χ1) is 11.8. The lowest BCUT2D eigenvalue weighted by Crippen LogP contribution is -2.44. The van der Waals surface area contributed by atoms with Gasteiger partial charge in [-0.2, -0.15) is 0 Å². The van der Waals surface area contributed by atoms with E-state index in [1.165, 1.54) is 0 Å². The molecule has 0 atom stereocenters. The van der Waals surface area contributed by atoms with Gasteiger partial charge in [0.15, 0.2) is 17.5 Å². The second-order valence-corrected chi connectivity index (χ2v) is 7.14. The van der Waals surface area contributed by atoms with Crippen molar-refractivity contribution >= 4 is 5.96 Å². The fraction of sp³-hybridized carbons (Fsp3) is 0.632. The molecule has 6 heteroatoms. The van der Waals surface area contributed by atoms with Crippen LogP contribution in [0.25, 0.3) is 0 Å². The minimum atomic E-state index is 0.156. The van der Waals surface area contributed by atoms with Crippen molar-refractivity contribution in [2.24, 2.45) is 10.4 Å². The molecule has 0 saturated carbocycles. The van der Waals surface area contributed by atoms with Gasteiger partial charge in [0.25, 0.3) is 0 Å². The van der Waals surface area contributed by atoms with Crippen molar-refractivity contribution < 1.29 is 9.47 Å². The number of benzene rings is 1. The van der Waals surface area contributed by atoms with Gasteiger partial charge in [0, 0.05) is 19.6 Å². The Hall–Kier alpha value is -1.95. The molecule has 0 aliphatic heterocycles. The lowest BCUT2D eigenvalue weighted by atomic mass is 9.93. The molecule has 0 radical (unpaired) electrons. The summed E-state index contributed by atoms with van der Waals surface area (Å²) in [5, 5.41) is 6.74. The van der Waals surface area contributed by atoms with Crippen molar-refractivity contribution in [3.8, 4) is 11.5 Å². The van der Waals surface area contributed by atoms with Crippen molar-refractivity contribution in [2.75, 3.05) is 47.9 Å². The third-order valence-corrected chi connectivity index (χ3v) is 3.69. The van der Waals surface area contributed by atoms with Gasteiger partial charge in [-0.25, -0.2) is 4.99 Å². The standard InChI is InChI=1S/C19H34N4O2/c1-8-20-18(22-13-19(2,3)14-23(4)5)21-12-15-9-10-16(24-6)17(11-15)25-7/h9-11H,8,12-14H2,1-7H3,(H2,20,21,22). The second-order valence-electron chi connectivity index (χ2n) is 7.14. The summed E-state index contributed by atoms with van der Waals surface area (Å²) in [5.41, 5.74) is 1.23. The molecule has 0 unspecified atom stereocenters. The smallest absolute Gasteiger partial charge is 0.191 e. The van der Waals surface area contributed by atoms with E-state index in [0.29, 0.717) is 6.54 Å². The zero-order chi connectivity index (χ0) is 18.9. The number of rotatable bonds is 9. The van der Waals surface area contributed by atoms with Crippen LogP contribution in [0.2, 0.25) is 0 Å². The van der Waals surface area contributed by atoms with Gasteiger partial charge in [0.2, 0.25) is 0 Å². The normalized spacial score (nSPS) is 12.2. The maximum atomic E-state index is 5.35. The van der Waals surface area contributed by atoms with Gasteiger partial charge in [-0.1, -0.05) is 19.9 Å².